The first kappa shape index (κ1) is 22.2. The van der Waals surface area contributed by atoms with Gasteiger partial charge in [-0.2, -0.15) is 11.8 Å². The first-order valence-corrected chi connectivity index (χ1v) is 11.2. The zero-order valence-electron chi connectivity index (χ0n) is 16.5. The molecular weight excluding hydrogens is 396 g/mol. The molecule has 9 heteroatoms. The minimum atomic E-state index is -0.656. The fourth-order valence-electron chi connectivity index (χ4n) is 2.25. The van der Waals surface area contributed by atoms with Crippen molar-refractivity contribution in [3.8, 4) is 10.7 Å². The van der Waals surface area contributed by atoms with Crippen molar-refractivity contribution in [2.24, 2.45) is 0 Å². The van der Waals surface area contributed by atoms with Crippen LogP contribution in [-0.4, -0.2) is 45.6 Å². The summed E-state index contributed by atoms with van der Waals surface area (Å²) in [6.45, 7) is 5.63. The summed E-state index contributed by atoms with van der Waals surface area (Å²) in [5, 5.41) is 8.20. The van der Waals surface area contributed by atoms with E-state index in [4.69, 9.17) is 4.74 Å². The fourth-order valence-corrected chi connectivity index (χ4v) is 3.52. The van der Waals surface area contributed by atoms with Gasteiger partial charge in [-0.05, 0) is 51.3 Å². The van der Waals surface area contributed by atoms with Crippen LogP contribution in [0, 0.1) is 0 Å². The van der Waals surface area contributed by atoms with Gasteiger partial charge in [-0.3, -0.25) is 9.78 Å². The molecule has 0 radical (unpaired) electrons. The molecule has 0 spiro atoms. The van der Waals surface area contributed by atoms with Crippen molar-refractivity contribution in [3.05, 3.63) is 35.5 Å². The molecule has 0 saturated heterocycles. The van der Waals surface area contributed by atoms with E-state index in [1.54, 1.807) is 38.7 Å². The van der Waals surface area contributed by atoms with Crippen LogP contribution in [-0.2, 0) is 16.1 Å². The molecule has 0 aliphatic heterocycles. The smallest absolute Gasteiger partial charge is 0.408 e. The maximum atomic E-state index is 12.6. The molecule has 152 valence electrons. The first-order valence-electron chi connectivity index (χ1n) is 8.90. The lowest BCUT2D eigenvalue weighted by Gasteiger charge is -2.23. The second kappa shape index (κ2) is 10.4. The normalized spacial score (nSPS) is 12.3. The van der Waals surface area contributed by atoms with Gasteiger partial charge in [0, 0.05) is 11.6 Å². The van der Waals surface area contributed by atoms with Crippen molar-refractivity contribution in [1.29, 1.82) is 0 Å². The Kier molecular flexibility index (Phi) is 8.25. The van der Waals surface area contributed by atoms with Crippen molar-refractivity contribution >= 4 is 35.1 Å². The predicted molar refractivity (Wildman–Crippen MR) is 113 cm³/mol. The van der Waals surface area contributed by atoms with E-state index in [1.165, 1.54) is 11.3 Å². The molecule has 0 fully saturated rings. The minimum Gasteiger partial charge on any atom is -0.444 e. The van der Waals surface area contributed by atoms with Gasteiger partial charge in [-0.15, -0.1) is 11.3 Å². The van der Waals surface area contributed by atoms with Crippen LogP contribution in [0.3, 0.4) is 0 Å². The van der Waals surface area contributed by atoms with Crippen LogP contribution in [0.15, 0.2) is 29.8 Å². The van der Waals surface area contributed by atoms with Gasteiger partial charge >= 0.3 is 6.09 Å². The van der Waals surface area contributed by atoms with Crippen LogP contribution >= 0.6 is 23.1 Å². The van der Waals surface area contributed by atoms with Crippen molar-refractivity contribution in [2.75, 3.05) is 12.0 Å². The molecule has 2 aromatic heterocycles. The van der Waals surface area contributed by atoms with Crippen LogP contribution in [0.2, 0.25) is 0 Å². The summed E-state index contributed by atoms with van der Waals surface area (Å²) < 4.78 is 5.26. The SMILES string of the molecule is CSCCC(NC(=O)OC(C)(C)C)C(=O)NCc1csc(-c2ccccn2)n1. The van der Waals surface area contributed by atoms with Gasteiger partial charge in [0.05, 0.1) is 17.9 Å². The van der Waals surface area contributed by atoms with Crippen LogP contribution < -0.4 is 10.6 Å². The maximum absolute atomic E-state index is 12.6. The zero-order valence-corrected chi connectivity index (χ0v) is 18.2. The number of hydrogen-bond acceptors (Lipinski definition) is 7. The molecular formula is C19H26N4O3S2. The highest BCUT2D eigenvalue weighted by Gasteiger charge is 2.24. The molecule has 2 N–H and O–H groups in total. The Labute approximate surface area is 173 Å². The number of pyridine rings is 1. The van der Waals surface area contributed by atoms with Gasteiger partial charge in [0.15, 0.2) is 0 Å². The Hall–Kier alpha value is -2.13. The highest BCUT2D eigenvalue weighted by atomic mass is 32.2. The first-order chi connectivity index (χ1) is 13.3. The van der Waals surface area contributed by atoms with E-state index >= 15 is 0 Å². The topological polar surface area (TPSA) is 93.2 Å². The molecule has 7 nitrogen and oxygen atoms in total. The third-order valence-electron chi connectivity index (χ3n) is 3.50. The molecule has 2 heterocycles. The van der Waals surface area contributed by atoms with E-state index in [0.717, 1.165) is 22.1 Å². The number of thioether (sulfide) groups is 1. The number of nitrogens with zero attached hydrogens (tertiary/aromatic N) is 2. The van der Waals surface area contributed by atoms with Gasteiger partial charge in [0.2, 0.25) is 5.91 Å². The van der Waals surface area contributed by atoms with E-state index in [9.17, 15) is 9.59 Å². The van der Waals surface area contributed by atoms with Crippen LogP contribution in [0.5, 0.6) is 0 Å². The summed E-state index contributed by atoms with van der Waals surface area (Å²) >= 11 is 3.09. The summed E-state index contributed by atoms with van der Waals surface area (Å²) in [5.74, 6) is 0.487. The highest BCUT2D eigenvalue weighted by molar-refractivity contribution is 7.98. The lowest BCUT2D eigenvalue weighted by molar-refractivity contribution is -0.123. The molecule has 2 aromatic rings. The molecule has 0 saturated carbocycles. The van der Waals surface area contributed by atoms with E-state index in [0.29, 0.717) is 6.42 Å². The Morgan fingerprint density at radius 2 is 2.11 bits per heavy atom. The van der Waals surface area contributed by atoms with E-state index < -0.39 is 17.7 Å². The molecule has 0 bridgehead atoms. The average Bonchev–Trinajstić information content (AvgIpc) is 3.11. The molecule has 2 rings (SSSR count). The van der Waals surface area contributed by atoms with Crippen LogP contribution in [0.25, 0.3) is 10.7 Å². The number of hydrogen-bond donors (Lipinski definition) is 2. The van der Waals surface area contributed by atoms with Crippen LogP contribution in [0.4, 0.5) is 4.79 Å². The average molecular weight is 423 g/mol. The maximum Gasteiger partial charge on any atom is 0.408 e. The van der Waals surface area contributed by atoms with Crippen molar-refractivity contribution < 1.29 is 14.3 Å². The molecule has 28 heavy (non-hydrogen) atoms. The van der Waals surface area contributed by atoms with Crippen LogP contribution in [0.1, 0.15) is 32.9 Å². The lowest BCUT2D eigenvalue weighted by Crippen LogP contribution is -2.48. The van der Waals surface area contributed by atoms with E-state index in [-0.39, 0.29) is 12.5 Å². The van der Waals surface area contributed by atoms with Gasteiger partial charge in [0.1, 0.15) is 16.7 Å². The summed E-state index contributed by atoms with van der Waals surface area (Å²) in [7, 11) is 0. The summed E-state index contributed by atoms with van der Waals surface area (Å²) in [6, 6.07) is 5.00. The monoisotopic (exact) mass is 422 g/mol. The Morgan fingerprint density at radius 1 is 1.32 bits per heavy atom. The van der Waals surface area contributed by atoms with Gasteiger partial charge < -0.3 is 15.4 Å². The summed E-state index contributed by atoms with van der Waals surface area (Å²) in [5.41, 5.74) is 0.932. The number of aromatic nitrogens is 2. The van der Waals surface area contributed by atoms with E-state index in [1.807, 2.05) is 29.8 Å². The zero-order chi connectivity index (χ0) is 20.6. The molecule has 0 aliphatic rings. The Bertz CT molecular complexity index is 775. The molecule has 2 amide bonds. The summed E-state index contributed by atoms with van der Waals surface area (Å²) in [6.07, 6.45) is 3.59. The Balaban J connectivity index is 1.93. The van der Waals surface area contributed by atoms with Crippen molar-refractivity contribution in [1.82, 2.24) is 20.6 Å². The Morgan fingerprint density at radius 3 is 2.75 bits per heavy atom. The predicted octanol–water partition coefficient (Wildman–Crippen LogP) is 3.47. The second-order valence-electron chi connectivity index (χ2n) is 7.06. The number of amides is 2. The fraction of sp³-hybridized carbons (Fsp3) is 0.474. The number of ether oxygens (including phenoxy) is 1. The minimum absolute atomic E-state index is 0.257. The number of rotatable bonds is 8. The van der Waals surface area contributed by atoms with Crippen molar-refractivity contribution in [3.63, 3.8) is 0 Å². The third kappa shape index (κ3) is 7.47. The largest absolute Gasteiger partial charge is 0.444 e. The number of thiazole rings is 1. The lowest BCUT2D eigenvalue weighted by atomic mass is 10.2. The molecule has 0 aliphatic carbocycles. The number of alkyl carbamates (subject to hydrolysis) is 1. The quantitative estimate of drug-likeness (QED) is 0.677. The van der Waals surface area contributed by atoms with Gasteiger partial charge in [-0.25, -0.2) is 9.78 Å². The van der Waals surface area contributed by atoms with Gasteiger partial charge in [0.25, 0.3) is 0 Å². The number of nitrogens with one attached hydrogen (secondary N) is 2. The molecule has 0 aromatic carbocycles. The number of carbonyl (C=O) groups excluding carboxylic acids is 2. The van der Waals surface area contributed by atoms with E-state index in [2.05, 4.69) is 20.6 Å². The molecule has 1 unspecified atom stereocenters. The third-order valence-corrected chi connectivity index (χ3v) is 5.06. The highest BCUT2D eigenvalue weighted by Crippen LogP contribution is 2.21. The standard InChI is InChI=1S/C19H26N4O3S2/c1-19(2,3)26-18(25)23-14(8-10-27-4)16(24)21-11-13-12-28-17(22-13)15-7-5-6-9-20-15/h5-7,9,12,14H,8,10-11H2,1-4H3,(H,21,24)(H,23,25). The van der Waals surface area contributed by atoms with Gasteiger partial charge in [-0.1, -0.05) is 6.07 Å². The molecule has 1 atom stereocenters. The second-order valence-corrected chi connectivity index (χ2v) is 8.90. The number of carbonyl (C=O) groups is 2. The van der Waals surface area contributed by atoms with Crippen molar-refractivity contribution in [2.45, 2.75) is 45.4 Å². The summed E-state index contributed by atoms with van der Waals surface area (Å²) in [4.78, 5) is 33.4.